The van der Waals surface area contributed by atoms with E-state index in [0.717, 1.165) is 53.3 Å². The van der Waals surface area contributed by atoms with E-state index in [0.29, 0.717) is 12.2 Å². The van der Waals surface area contributed by atoms with Gasteiger partial charge in [-0.05, 0) is 53.6 Å². The van der Waals surface area contributed by atoms with Gasteiger partial charge in [-0.15, -0.1) is 11.3 Å². The van der Waals surface area contributed by atoms with Crippen LogP contribution in [0.5, 0.6) is 5.75 Å². The van der Waals surface area contributed by atoms with Gasteiger partial charge in [0.05, 0.1) is 6.04 Å². The zero-order valence-corrected chi connectivity index (χ0v) is 22.8. The number of thiazole rings is 1. The lowest BCUT2D eigenvalue weighted by atomic mass is 9.87. The maximum Gasteiger partial charge on any atom is 0.273 e. The molecule has 0 saturated heterocycles. The van der Waals surface area contributed by atoms with Gasteiger partial charge >= 0.3 is 0 Å². The summed E-state index contributed by atoms with van der Waals surface area (Å²) in [5, 5.41) is 2.54. The van der Waals surface area contributed by atoms with Gasteiger partial charge in [-0.2, -0.15) is 0 Å². The first-order chi connectivity index (χ1) is 19.1. The molecular weight excluding hydrogens is 506 g/mol. The minimum atomic E-state index is -0.115. The average Bonchev–Trinajstić information content (AvgIpc) is 3.72. The van der Waals surface area contributed by atoms with Crippen molar-refractivity contribution in [2.75, 3.05) is 13.6 Å². The van der Waals surface area contributed by atoms with Crippen molar-refractivity contribution in [3.05, 3.63) is 117 Å². The number of aromatic nitrogens is 1. The maximum atomic E-state index is 13.2. The molecule has 1 aliphatic heterocycles. The third-order valence-electron chi connectivity index (χ3n) is 7.41. The van der Waals surface area contributed by atoms with Crippen LogP contribution in [0, 0.1) is 5.92 Å². The van der Waals surface area contributed by atoms with Crippen LogP contribution in [0.3, 0.4) is 0 Å². The fourth-order valence-corrected chi connectivity index (χ4v) is 5.90. The summed E-state index contributed by atoms with van der Waals surface area (Å²) in [6.45, 7) is 1.54. The molecule has 6 rings (SSSR count). The Labute approximate surface area is 232 Å². The van der Waals surface area contributed by atoms with E-state index in [2.05, 4.69) is 34.1 Å². The minimum Gasteiger partial charge on any atom is -0.486 e. The van der Waals surface area contributed by atoms with Crippen LogP contribution in [0.15, 0.2) is 84.2 Å². The van der Waals surface area contributed by atoms with Crippen LogP contribution in [0.1, 0.15) is 56.6 Å². The number of nitrogens with zero attached hydrogens (tertiary/aromatic N) is 3. The number of hydrogen-bond donors (Lipinski definition) is 0. The summed E-state index contributed by atoms with van der Waals surface area (Å²) in [7, 11) is 1.79. The zero-order valence-electron chi connectivity index (χ0n) is 22.0. The standard InChI is InChI=1S/C32H31N3O3S/c1-34(19-22-8-4-2-5-9-22)32(37)28-21-39-29(33-28)20-38-26-15-14-23-16-17-35(31(36)25-12-13-25)30(27(23)18-26)24-10-6-3-7-11-24/h2-11,14-15,18,21,25,30H,12-13,16-17,19-20H2,1H3/t30-/m0/s1. The summed E-state index contributed by atoms with van der Waals surface area (Å²) in [5.41, 5.74) is 5.00. The van der Waals surface area contributed by atoms with Gasteiger partial charge in [0.2, 0.25) is 5.91 Å². The average molecular weight is 538 g/mol. The highest BCUT2D eigenvalue weighted by Gasteiger charge is 2.39. The summed E-state index contributed by atoms with van der Waals surface area (Å²) >= 11 is 1.42. The van der Waals surface area contributed by atoms with Crippen molar-refractivity contribution in [3.63, 3.8) is 0 Å². The minimum absolute atomic E-state index is 0.110. The summed E-state index contributed by atoms with van der Waals surface area (Å²) in [4.78, 5) is 34.4. The third kappa shape index (κ3) is 5.59. The van der Waals surface area contributed by atoms with E-state index in [1.807, 2.05) is 54.6 Å². The highest BCUT2D eigenvalue weighted by atomic mass is 32.1. The lowest BCUT2D eigenvalue weighted by Gasteiger charge is -2.38. The lowest BCUT2D eigenvalue weighted by molar-refractivity contribution is -0.134. The first kappa shape index (κ1) is 25.3. The highest BCUT2D eigenvalue weighted by molar-refractivity contribution is 7.09. The summed E-state index contributed by atoms with van der Waals surface area (Å²) in [5.74, 6) is 1.06. The SMILES string of the molecule is CN(Cc1ccccc1)C(=O)c1csc(COc2ccc3c(c2)[C@H](c2ccccc2)N(C(=O)C2CC2)CC3)n1. The summed E-state index contributed by atoms with van der Waals surface area (Å²) in [6.07, 6.45) is 2.83. The van der Waals surface area contributed by atoms with E-state index in [4.69, 9.17) is 4.74 Å². The van der Waals surface area contributed by atoms with Crippen molar-refractivity contribution in [3.8, 4) is 5.75 Å². The number of ether oxygens (including phenoxy) is 1. The molecule has 2 heterocycles. The van der Waals surface area contributed by atoms with Gasteiger partial charge in [0.25, 0.3) is 5.91 Å². The molecule has 6 nitrogen and oxygen atoms in total. The number of carbonyl (C=O) groups is 2. The monoisotopic (exact) mass is 537 g/mol. The van der Waals surface area contributed by atoms with Gasteiger partial charge in [0, 0.05) is 31.4 Å². The Morgan fingerprint density at radius 3 is 2.51 bits per heavy atom. The van der Waals surface area contributed by atoms with Crippen LogP contribution in [0.4, 0.5) is 0 Å². The molecule has 0 bridgehead atoms. The molecule has 4 aromatic rings. The molecule has 0 unspecified atom stereocenters. The van der Waals surface area contributed by atoms with E-state index < -0.39 is 0 Å². The molecule has 1 saturated carbocycles. The third-order valence-corrected chi connectivity index (χ3v) is 8.24. The second kappa shape index (κ2) is 11.0. The smallest absolute Gasteiger partial charge is 0.273 e. The van der Waals surface area contributed by atoms with Crippen molar-refractivity contribution in [2.45, 2.75) is 38.5 Å². The fraction of sp³-hybridized carbons (Fsp3) is 0.281. The van der Waals surface area contributed by atoms with Gasteiger partial charge in [-0.1, -0.05) is 66.7 Å². The van der Waals surface area contributed by atoms with E-state index >= 15 is 0 Å². The van der Waals surface area contributed by atoms with Crippen molar-refractivity contribution in [1.29, 1.82) is 0 Å². The predicted octanol–water partition coefficient (Wildman–Crippen LogP) is 5.88. The first-order valence-electron chi connectivity index (χ1n) is 13.4. The normalized spacial score (nSPS) is 16.4. The van der Waals surface area contributed by atoms with Crippen LogP contribution in [-0.2, 0) is 24.4 Å². The molecule has 3 aromatic carbocycles. The van der Waals surface area contributed by atoms with Crippen LogP contribution < -0.4 is 4.74 Å². The van der Waals surface area contributed by atoms with Crippen molar-refractivity contribution in [1.82, 2.24) is 14.8 Å². The van der Waals surface area contributed by atoms with Gasteiger partial charge in [-0.25, -0.2) is 4.98 Å². The van der Waals surface area contributed by atoms with Gasteiger partial charge in [0.1, 0.15) is 23.1 Å². The lowest BCUT2D eigenvalue weighted by Crippen LogP contribution is -2.41. The molecule has 0 radical (unpaired) electrons. The molecule has 198 valence electrons. The summed E-state index contributed by atoms with van der Waals surface area (Å²) in [6, 6.07) is 26.3. The maximum absolute atomic E-state index is 13.2. The van der Waals surface area contributed by atoms with Gasteiger partial charge < -0.3 is 14.5 Å². The molecule has 7 heteroatoms. The topological polar surface area (TPSA) is 62.7 Å². The van der Waals surface area contributed by atoms with Crippen molar-refractivity contribution in [2.24, 2.45) is 5.92 Å². The van der Waals surface area contributed by atoms with E-state index in [1.54, 1.807) is 17.3 Å². The quantitative estimate of drug-likeness (QED) is 0.282. The van der Waals surface area contributed by atoms with E-state index in [1.165, 1.54) is 16.9 Å². The predicted molar refractivity (Wildman–Crippen MR) is 152 cm³/mol. The molecule has 2 amide bonds. The fourth-order valence-electron chi connectivity index (χ4n) is 5.23. The Morgan fingerprint density at radius 1 is 1.03 bits per heavy atom. The number of fused-ring (bicyclic) bond motifs is 1. The molecule has 1 aromatic heterocycles. The van der Waals surface area contributed by atoms with E-state index in [-0.39, 0.29) is 30.4 Å². The highest BCUT2D eigenvalue weighted by Crippen LogP contribution is 2.41. The molecule has 39 heavy (non-hydrogen) atoms. The molecule has 1 fully saturated rings. The van der Waals surface area contributed by atoms with Gasteiger partial charge in [-0.3, -0.25) is 9.59 Å². The Balaban J connectivity index is 1.17. The first-order valence-corrected chi connectivity index (χ1v) is 14.3. The van der Waals surface area contributed by atoms with Crippen LogP contribution in [-0.4, -0.2) is 40.2 Å². The number of amides is 2. The van der Waals surface area contributed by atoms with Crippen molar-refractivity contribution >= 4 is 23.2 Å². The number of rotatable bonds is 8. The second-order valence-corrected chi connectivity index (χ2v) is 11.2. The van der Waals surface area contributed by atoms with Crippen molar-refractivity contribution < 1.29 is 14.3 Å². The Morgan fingerprint density at radius 2 is 1.77 bits per heavy atom. The van der Waals surface area contributed by atoms with E-state index in [9.17, 15) is 9.59 Å². The molecule has 2 aliphatic rings. The van der Waals surface area contributed by atoms with Gasteiger partial charge in [0.15, 0.2) is 0 Å². The molecule has 0 spiro atoms. The molecule has 1 atom stereocenters. The van der Waals surface area contributed by atoms with Crippen LogP contribution in [0.2, 0.25) is 0 Å². The zero-order chi connectivity index (χ0) is 26.8. The van der Waals surface area contributed by atoms with Crippen LogP contribution in [0.25, 0.3) is 0 Å². The number of carbonyl (C=O) groups excluding carboxylic acids is 2. The summed E-state index contributed by atoms with van der Waals surface area (Å²) < 4.78 is 6.17. The Kier molecular flexibility index (Phi) is 7.16. The number of hydrogen-bond acceptors (Lipinski definition) is 5. The Hall–Kier alpha value is -3.97. The molecule has 0 N–H and O–H groups in total. The molecule has 1 aliphatic carbocycles. The second-order valence-electron chi connectivity index (χ2n) is 10.3. The largest absolute Gasteiger partial charge is 0.486 e. The number of benzene rings is 3. The Bertz CT molecular complexity index is 1470. The van der Waals surface area contributed by atoms with Crippen LogP contribution >= 0.6 is 11.3 Å². The molecular formula is C32H31N3O3S.